The molecular formula is C12H23NO2S. The molecule has 1 aliphatic heterocycles. The van der Waals surface area contributed by atoms with E-state index in [4.69, 9.17) is 4.74 Å². The molecule has 0 unspecified atom stereocenters. The average molecular weight is 245 g/mol. The molecule has 1 rings (SSSR count). The van der Waals surface area contributed by atoms with Crippen LogP contribution in [0, 0.1) is 5.92 Å². The summed E-state index contributed by atoms with van der Waals surface area (Å²) in [4.78, 5) is 14.0. The fourth-order valence-corrected chi connectivity index (χ4v) is 2.56. The number of carbonyl (C=O) groups is 1. The van der Waals surface area contributed by atoms with Crippen molar-refractivity contribution >= 4 is 17.7 Å². The van der Waals surface area contributed by atoms with Gasteiger partial charge in [-0.15, -0.1) is 0 Å². The van der Waals surface area contributed by atoms with E-state index in [0.717, 1.165) is 32.5 Å². The van der Waals surface area contributed by atoms with Gasteiger partial charge in [0.25, 0.3) is 0 Å². The van der Waals surface area contributed by atoms with Crippen LogP contribution in [0.3, 0.4) is 0 Å². The minimum atomic E-state index is -0.00272. The van der Waals surface area contributed by atoms with Crippen molar-refractivity contribution in [3.05, 3.63) is 0 Å². The molecule has 0 aliphatic carbocycles. The highest BCUT2D eigenvalue weighted by molar-refractivity contribution is 7.98. The topological polar surface area (TPSA) is 29.5 Å². The van der Waals surface area contributed by atoms with Gasteiger partial charge < -0.3 is 9.64 Å². The van der Waals surface area contributed by atoms with Gasteiger partial charge in [-0.05, 0) is 51.3 Å². The number of nitrogens with zero attached hydrogens (tertiary/aromatic N) is 1. The number of esters is 1. The van der Waals surface area contributed by atoms with E-state index in [1.165, 1.54) is 12.2 Å². The normalized spacial score (nSPS) is 22.0. The highest BCUT2D eigenvalue weighted by Gasteiger charge is 2.26. The van der Waals surface area contributed by atoms with Gasteiger partial charge >= 0.3 is 5.97 Å². The Morgan fingerprint density at radius 2 is 2.38 bits per heavy atom. The van der Waals surface area contributed by atoms with Crippen molar-refractivity contribution in [3.8, 4) is 0 Å². The maximum Gasteiger partial charge on any atom is 0.310 e. The number of carbonyl (C=O) groups excluding carboxylic acids is 1. The summed E-state index contributed by atoms with van der Waals surface area (Å²) in [6.07, 6.45) is 5.48. The first-order chi connectivity index (χ1) is 7.77. The Kier molecular flexibility index (Phi) is 6.88. The molecule has 0 aromatic rings. The van der Waals surface area contributed by atoms with Gasteiger partial charge in [-0.1, -0.05) is 0 Å². The van der Waals surface area contributed by atoms with E-state index in [9.17, 15) is 4.79 Å². The van der Waals surface area contributed by atoms with Crippen LogP contribution < -0.4 is 0 Å². The summed E-state index contributed by atoms with van der Waals surface area (Å²) in [6, 6.07) is 0. The molecule has 0 saturated carbocycles. The molecule has 1 saturated heterocycles. The fourth-order valence-electron chi connectivity index (χ4n) is 2.14. The second kappa shape index (κ2) is 7.96. The summed E-state index contributed by atoms with van der Waals surface area (Å²) in [7, 11) is 0. The van der Waals surface area contributed by atoms with Gasteiger partial charge in [0.15, 0.2) is 0 Å². The second-order valence-electron chi connectivity index (χ2n) is 4.24. The smallest absolute Gasteiger partial charge is 0.310 e. The molecule has 0 N–H and O–H groups in total. The van der Waals surface area contributed by atoms with Crippen molar-refractivity contribution in [2.24, 2.45) is 5.92 Å². The lowest BCUT2D eigenvalue weighted by molar-refractivity contribution is -0.149. The molecule has 94 valence electrons. The van der Waals surface area contributed by atoms with E-state index in [2.05, 4.69) is 11.2 Å². The van der Waals surface area contributed by atoms with Crippen molar-refractivity contribution in [3.63, 3.8) is 0 Å². The van der Waals surface area contributed by atoms with Gasteiger partial charge in [0.2, 0.25) is 0 Å². The number of piperidine rings is 1. The molecule has 0 spiro atoms. The van der Waals surface area contributed by atoms with Crippen molar-refractivity contribution in [2.45, 2.75) is 26.2 Å². The van der Waals surface area contributed by atoms with Gasteiger partial charge in [0.1, 0.15) is 0 Å². The maximum atomic E-state index is 11.6. The van der Waals surface area contributed by atoms with Gasteiger partial charge in [-0.25, -0.2) is 0 Å². The molecular weight excluding hydrogens is 222 g/mol. The quantitative estimate of drug-likeness (QED) is 0.529. The molecule has 1 heterocycles. The number of ether oxygens (including phenoxy) is 1. The van der Waals surface area contributed by atoms with Crippen LogP contribution in [0.15, 0.2) is 0 Å². The van der Waals surface area contributed by atoms with E-state index in [1.54, 1.807) is 0 Å². The van der Waals surface area contributed by atoms with Crippen LogP contribution in [0.1, 0.15) is 26.2 Å². The zero-order valence-corrected chi connectivity index (χ0v) is 11.2. The van der Waals surface area contributed by atoms with Crippen molar-refractivity contribution < 1.29 is 9.53 Å². The Morgan fingerprint density at radius 1 is 1.56 bits per heavy atom. The molecule has 1 fully saturated rings. The minimum absolute atomic E-state index is 0.00272. The summed E-state index contributed by atoms with van der Waals surface area (Å²) in [5.74, 6) is 1.32. The summed E-state index contributed by atoms with van der Waals surface area (Å²) >= 11 is 1.89. The monoisotopic (exact) mass is 245 g/mol. The number of hydrogen-bond acceptors (Lipinski definition) is 4. The minimum Gasteiger partial charge on any atom is -0.466 e. The fraction of sp³-hybridized carbons (Fsp3) is 0.917. The van der Waals surface area contributed by atoms with E-state index in [1.807, 2.05) is 18.7 Å². The largest absolute Gasteiger partial charge is 0.466 e. The number of likely N-dealkylation sites (tertiary alicyclic amines) is 1. The molecule has 3 nitrogen and oxygen atoms in total. The third kappa shape index (κ3) is 4.74. The lowest BCUT2D eigenvalue weighted by Gasteiger charge is -2.31. The Bertz CT molecular complexity index is 211. The summed E-state index contributed by atoms with van der Waals surface area (Å²) in [6.45, 7) is 5.53. The van der Waals surface area contributed by atoms with Crippen LogP contribution in [0.25, 0.3) is 0 Å². The third-order valence-corrected chi connectivity index (χ3v) is 3.65. The molecule has 4 heteroatoms. The zero-order valence-electron chi connectivity index (χ0n) is 10.4. The van der Waals surface area contributed by atoms with Gasteiger partial charge in [0.05, 0.1) is 12.5 Å². The molecule has 0 radical (unpaired) electrons. The molecule has 1 atom stereocenters. The third-order valence-electron chi connectivity index (χ3n) is 2.95. The molecule has 16 heavy (non-hydrogen) atoms. The van der Waals surface area contributed by atoms with Crippen LogP contribution in [0.4, 0.5) is 0 Å². The highest BCUT2D eigenvalue weighted by Crippen LogP contribution is 2.18. The van der Waals surface area contributed by atoms with E-state index in [-0.39, 0.29) is 11.9 Å². The highest BCUT2D eigenvalue weighted by atomic mass is 32.2. The molecule has 0 bridgehead atoms. The molecule has 1 aliphatic rings. The van der Waals surface area contributed by atoms with E-state index >= 15 is 0 Å². The number of rotatable bonds is 6. The standard InChI is InChI=1S/C12H23NO2S/c1-3-15-12(14)11-6-4-7-13(10-11)8-5-9-16-2/h11H,3-10H2,1-2H3/t11-/m0/s1. The Morgan fingerprint density at radius 3 is 3.06 bits per heavy atom. The maximum absolute atomic E-state index is 11.6. The first-order valence-electron chi connectivity index (χ1n) is 6.15. The van der Waals surface area contributed by atoms with Crippen molar-refractivity contribution in [2.75, 3.05) is 38.2 Å². The Hall–Kier alpha value is -0.220. The summed E-state index contributed by atoms with van der Waals surface area (Å²) < 4.78 is 5.09. The van der Waals surface area contributed by atoms with Gasteiger partial charge in [-0.3, -0.25) is 4.79 Å². The zero-order chi connectivity index (χ0) is 11.8. The van der Waals surface area contributed by atoms with Gasteiger partial charge in [0, 0.05) is 6.54 Å². The number of thioether (sulfide) groups is 1. The van der Waals surface area contributed by atoms with Crippen LogP contribution in [-0.2, 0) is 9.53 Å². The predicted octanol–water partition coefficient (Wildman–Crippen LogP) is 2.01. The molecule has 0 amide bonds. The molecule has 0 aromatic carbocycles. The number of hydrogen-bond donors (Lipinski definition) is 0. The van der Waals surface area contributed by atoms with E-state index < -0.39 is 0 Å². The molecule has 0 aromatic heterocycles. The average Bonchev–Trinajstić information content (AvgIpc) is 2.30. The lowest BCUT2D eigenvalue weighted by atomic mass is 9.98. The lowest BCUT2D eigenvalue weighted by Crippen LogP contribution is -2.39. The van der Waals surface area contributed by atoms with E-state index in [0.29, 0.717) is 6.61 Å². The first kappa shape index (κ1) is 13.8. The van der Waals surface area contributed by atoms with Crippen molar-refractivity contribution in [1.82, 2.24) is 4.90 Å². The van der Waals surface area contributed by atoms with Crippen LogP contribution in [0.5, 0.6) is 0 Å². The Balaban J connectivity index is 2.26. The van der Waals surface area contributed by atoms with Crippen molar-refractivity contribution in [1.29, 1.82) is 0 Å². The first-order valence-corrected chi connectivity index (χ1v) is 7.55. The second-order valence-corrected chi connectivity index (χ2v) is 5.22. The predicted molar refractivity (Wildman–Crippen MR) is 68.8 cm³/mol. The summed E-state index contributed by atoms with van der Waals surface area (Å²) in [5.41, 5.74) is 0. The Labute approximate surface area is 103 Å². The van der Waals surface area contributed by atoms with Crippen LogP contribution >= 0.6 is 11.8 Å². The van der Waals surface area contributed by atoms with Gasteiger partial charge in [-0.2, -0.15) is 11.8 Å². The van der Waals surface area contributed by atoms with Crippen LogP contribution in [0.2, 0.25) is 0 Å². The SMILES string of the molecule is CCOC(=O)[C@H]1CCCN(CCCSC)C1. The summed E-state index contributed by atoms with van der Waals surface area (Å²) in [5, 5.41) is 0. The van der Waals surface area contributed by atoms with Crippen LogP contribution in [-0.4, -0.2) is 49.1 Å².